The lowest BCUT2D eigenvalue weighted by Gasteiger charge is -2.11. The SMILES string of the molecule is COCC(N)CCNC(=O)c1cccc(S(C)(=O)=O)c1. The first-order chi connectivity index (χ1) is 9.34. The number of amides is 1. The second kappa shape index (κ2) is 7.37. The molecule has 0 fully saturated rings. The van der Waals surface area contributed by atoms with Crippen LogP contribution in [0, 0.1) is 0 Å². The Kier molecular flexibility index (Phi) is 6.12. The highest BCUT2D eigenvalue weighted by molar-refractivity contribution is 7.90. The lowest BCUT2D eigenvalue weighted by atomic mass is 10.2. The maximum atomic E-state index is 11.9. The molecule has 3 N–H and O–H groups in total. The number of nitrogens with one attached hydrogen (secondary N) is 1. The van der Waals surface area contributed by atoms with Crippen LogP contribution in [0.3, 0.4) is 0 Å². The third kappa shape index (κ3) is 5.28. The van der Waals surface area contributed by atoms with Crippen LogP contribution in [0.4, 0.5) is 0 Å². The number of hydrogen-bond donors (Lipinski definition) is 2. The highest BCUT2D eigenvalue weighted by Crippen LogP contribution is 2.11. The minimum atomic E-state index is -3.32. The molecule has 20 heavy (non-hydrogen) atoms. The van der Waals surface area contributed by atoms with Gasteiger partial charge in [-0.2, -0.15) is 0 Å². The summed E-state index contributed by atoms with van der Waals surface area (Å²) in [4.78, 5) is 12.0. The maximum absolute atomic E-state index is 11.9. The predicted molar refractivity (Wildman–Crippen MR) is 76.4 cm³/mol. The predicted octanol–water partition coefficient (Wildman–Crippen LogP) is 0.184. The fourth-order valence-electron chi connectivity index (χ4n) is 1.64. The molecule has 1 aromatic carbocycles. The molecule has 6 nitrogen and oxygen atoms in total. The van der Waals surface area contributed by atoms with Crippen molar-refractivity contribution in [3.63, 3.8) is 0 Å². The molecular formula is C13H20N2O4S. The number of benzene rings is 1. The third-order valence-corrected chi connectivity index (χ3v) is 3.82. The first kappa shape index (κ1) is 16.6. The third-order valence-electron chi connectivity index (χ3n) is 2.71. The molecular weight excluding hydrogens is 280 g/mol. The van der Waals surface area contributed by atoms with Crippen LogP contribution in [0.5, 0.6) is 0 Å². The highest BCUT2D eigenvalue weighted by atomic mass is 32.2. The van der Waals surface area contributed by atoms with E-state index in [1.54, 1.807) is 19.2 Å². The lowest BCUT2D eigenvalue weighted by molar-refractivity contribution is 0.0950. The molecule has 0 bridgehead atoms. The van der Waals surface area contributed by atoms with Gasteiger partial charge in [-0.05, 0) is 24.6 Å². The largest absolute Gasteiger partial charge is 0.383 e. The molecule has 0 saturated carbocycles. The van der Waals surface area contributed by atoms with E-state index in [1.807, 2.05) is 0 Å². The van der Waals surface area contributed by atoms with Crippen LogP contribution in [0.25, 0.3) is 0 Å². The number of nitrogens with two attached hydrogens (primary N) is 1. The van der Waals surface area contributed by atoms with Crippen molar-refractivity contribution in [2.24, 2.45) is 5.73 Å². The number of carbonyl (C=O) groups excluding carboxylic acids is 1. The van der Waals surface area contributed by atoms with Gasteiger partial charge in [0.1, 0.15) is 0 Å². The van der Waals surface area contributed by atoms with Gasteiger partial charge < -0.3 is 15.8 Å². The van der Waals surface area contributed by atoms with Crippen LogP contribution in [-0.2, 0) is 14.6 Å². The summed E-state index contributed by atoms with van der Waals surface area (Å²) in [5.41, 5.74) is 6.05. The Morgan fingerprint density at radius 1 is 1.45 bits per heavy atom. The number of sulfone groups is 1. The molecule has 0 aliphatic heterocycles. The van der Waals surface area contributed by atoms with Gasteiger partial charge in [0.15, 0.2) is 9.84 Å². The van der Waals surface area contributed by atoms with Gasteiger partial charge in [-0.15, -0.1) is 0 Å². The molecule has 0 saturated heterocycles. The van der Waals surface area contributed by atoms with E-state index in [9.17, 15) is 13.2 Å². The molecule has 1 atom stereocenters. The van der Waals surface area contributed by atoms with Crippen molar-refractivity contribution in [2.45, 2.75) is 17.4 Å². The van der Waals surface area contributed by atoms with Gasteiger partial charge in [0, 0.05) is 31.5 Å². The second-order valence-corrected chi connectivity index (χ2v) is 6.58. The summed E-state index contributed by atoms with van der Waals surface area (Å²) >= 11 is 0. The van der Waals surface area contributed by atoms with Crippen LogP contribution in [0.15, 0.2) is 29.2 Å². The van der Waals surface area contributed by atoms with Gasteiger partial charge in [0.2, 0.25) is 0 Å². The van der Waals surface area contributed by atoms with Gasteiger partial charge in [-0.1, -0.05) is 6.07 Å². The molecule has 112 valence electrons. The van der Waals surface area contributed by atoms with Crippen LogP contribution in [-0.4, -0.2) is 46.9 Å². The Balaban J connectivity index is 2.60. The van der Waals surface area contributed by atoms with Crippen molar-refractivity contribution in [3.8, 4) is 0 Å². The second-order valence-electron chi connectivity index (χ2n) is 4.56. The molecule has 0 aliphatic rings. The molecule has 1 rings (SSSR count). The lowest BCUT2D eigenvalue weighted by Crippen LogP contribution is -2.32. The number of ether oxygens (including phenoxy) is 1. The van der Waals surface area contributed by atoms with Crippen molar-refractivity contribution in [3.05, 3.63) is 29.8 Å². The summed E-state index contributed by atoms with van der Waals surface area (Å²) in [6, 6.07) is 5.80. The Labute approximate surface area is 119 Å². The number of carbonyl (C=O) groups is 1. The minimum absolute atomic E-state index is 0.126. The zero-order chi connectivity index (χ0) is 15.2. The van der Waals surface area contributed by atoms with Crippen LogP contribution < -0.4 is 11.1 Å². The van der Waals surface area contributed by atoms with Crippen LogP contribution >= 0.6 is 0 Å². The summed E-state index contributed by atoms with van der Waals surface area (Å²) in [6.45, 7) is 0.839. The molecule has 1 unspecified atom stereocenters. The van der Waals surface area contributed by atoms with Crippen molar-refractivity contribution in [2.75, 3.05) is 26.5 Å². The van der Waals surface area contributed by atoms with E-state index in [0.29, 0.717) is 25.1 Å². The fourth-order valence-corrected chi connectivity index (χ4v) is 2.31. The first-order valence-corrected chi connectivity index (χ1v) is 8.06. The van der Waals surface area contributed by atoms with E-state index >= 15 is 0 Å². The molecule has 1 amide bonds. The van der Waals surface area contributed by atoms with Crippen molar-refractivity contribution in [1.29, 1.82) is 0 Å². The van der Waals surface area contributed by atoms with E-state index < -0.39 is 9.84 Å². The molecule has 7 heteroatoms. The Morgan fingerprint density at radius 2 is 2.15 bits per heavy atom. The average molecular weight is 300 g/mol. The van der Waals surface area contributed by atoms with Gasteiger partial charge in [0.05, 0.1) is 11.5 Å². The van der Waals surface area contributed by atoms with E-state index in [1.165, 1.54) is 12.1 Å². The summed E-state index contributed by atoms with van der Waals surface area (Å²) in [5, 5.41) is 2.70. The number of hydrogen-bond acceptors (Lipinski definition) is 5. The molecule has 0 radical (unpaired) electrons. The van der Waals surface area contributed by atoms with Crippen LogP contribution in [0.2, 0.25) is 0 Å². The maximum Gasteiger partial charge on any atom is 0.251 e. The van der Waals surface area contributed by atoms with Gasteiger partial charge in [-0.3, -0.25) is 4.79 Å². The zero-order valence-corrected chi connectivity index (χ0v) is 12.4. The van der Waals surface area contributed by atoms with Crippen LogP contribution in [0.1, 0.15) is 16.8 Å². The van der Waals surface area contributed by atoms with E-state index in [4.69, 9.17) is 10.5 Å². The molecule has 0 aliphatic carbocycles. The molecule has 0 heterocycles. The van der Waals surface area contributed by atoms with E-state index in [2.05, 4.69) is 5.32 Å². The first-order valence-electron chi connectivity index (χ1n) is 6.17. The van der Waals surface area contributed by atoms with Gasteiger partial charge >= 0.3 is 0 Å². The molecule has 0 aromatic heterocycles. The number of rotatable bonds is 7. The van der Waals surface area contributed by atoms with E-state index in [-0.39, 0.29) is 16.8 Å². The Hall–Kier alpha value is -1.44. The highest BCUT2D eigenvalue weighted by Gasteiger charge is 2.11. The average Bonchev–Trinajstić information content (AvgIpc) is 2.38. The smallest absolute Gasteiger partial charge is 0.251 e. The standard InChI is InChI=1S/C13H20N2O4S/c1-19-9-11(14)6-7-15-13(16)10-4-3-5-12(8-10)20(2,17)18/h3-5,8,11H,6-7,9,14H2,1-2H3,(H,15,16). The zero-order valence-electron chi connectivity index (χ0n) is 11.6. The summed E-state index contributed by atoms with van der Waals surface area (Å²) < 4.78 is 27.7. The summed E-state index contributed by atoms with van der Waals surface area (Å²) in [7, 11) is -1.75. The van der Waals surface area contributed by atoms with Gasteiger partial charge in [0.25, 0.3) is 5.91 Å². The Bertz CT molecular complexity index is 557. The van der Waals surface area contributed by atoms with E-state index in [0.717, 1.165) is 6.26 Å². The van der Waals surface area contributed by atoms with Gasteiger partial charge in [-0.25, -0.2) is 8.42 Å². The topological polar surface area (TPSA) is 98.5 Å². The normalized spacial score (nSPS) is 12.9. The molecule has 0 spiro atoms. The monoisotopic (exact) mass is 300 g/mol. The Morgan fingerprint density at radius 3 is 2.75 bits per heavy atom. The quantitative estimate of drug-likeness (QED) is 0.748. The number of methoxy groups -OCH3 is 1. The summed E-state index contributed by atoms with van der Waals surface area (Å²) in [6.07, 6.45) is 1.69. The molecule has 1 aromatic rings. The minimum Gasteiger partial charge on any atom is -0.383 e. The summed E-state index contributed by atoms with van der Waals surface area (Å²) in [5.74, 6) is -0.319. The van der Waals surface area contributed by atoms with Crippen molar-refractivity contribution < 1.29 is 17.9 Å². The van der Waals surface area contributed by atoms with Crippen molar-refractivity contribution in [1.82, 2.24) is 5.32 Å². The van der Waals surface area contributed by atoms with Crippen molar-refractivity contribution >= 4 is 15.7 Å². The fraction of sp³-hybridized carbons (Fsp3) is 0.462.